The summed E-state index contributed by atoms with van der Waals surface area (Å²) in [6.45, 7) is 2.24. The number of aryl methyl sites for hydroxylation is 1. The van der Waals surface area contributed by atoms with Crippen LogP contribution in [0.1, 0.15) is 49.3 Å². The van der Waals surface area contributed by atoms with E-state index in [0.717, 1.165) is 19.3 Å². The van der Waals surface area contributed by atoms with Crippen molar-refractivity contribution in [2.45, 2.75) is 51.9 Å². The average molecular weight is 330 g/mol. The maximum absolute atomic E-state index is 13.1. The van der Waals surface area contributed by atoms with E-state index in [-0.39, 0.29) is 5.41 Å². The Hall–Kier alpha value is -1.89. The highest BCUT2D eigenvalue weighted by atomic mass is 16.1. The molecule has 3 atom stereocenters. The summed E-state index contributed by atoms with van der Waals surface area (Å²) in [5.74, 6) is 1.64. The molecule has 3 unspecified atom stereocenters. The summed E-state index contributed by atoms with van der Waals surface area (Å²) in [5.41, 5.74) is 4.08. The molecule has 0 aliphatic heterocycles. The highest BCUT2D eigenvalue weighted by Gasteiger charge is 2.54. The van der Waals surface area contributed by atoms with Crippen molar-refractivity contribution in [3.05, 3.63) is 59.2 Å². The zero-order chi connectivity index (χ0) is 17.0. The summed E-state index contributed by atoms with van der Waals surface area (Å²) in [6.07, 6.45) is 12.2. The van der Waals surface area contributed by atoms with Gasteiger partial charge in [0.25, 0.3) is 0 Å². The molecule has 1 spiro atoms. The van der Waals surface area contributed by atoms with E-state index in [1.165, 1.54) is 46.7 Å². The fourth-order valence-corrected chi connectivity index (χ4v) is 5.66. The van der Waals surface area contributed by atoms with Crippen LogP contribution in [0, 0.1) is 17.3 Å². The lowest BCUT2D eigenvalue weighted by Crippen LogP contribution is -2.41. The number of hydrogen-bond donors (Lipinski definition) is 0. The highest BCUT2D eigenvalue weighted by molar-refractivity contribution is 5.94. The molecule has 5 rings (SSSR count). The first-order valence-electron chi connectivity index (χ1n) is 9.94. The number of allylic oxidation sites excluding steroid dienone is 2. The van der Waals surface area contributed by atoms with Gasteiger partial charge in [-0.1, -0.05) is 55.8 Å². The molecule has 2 bridgehead atoms. The molecule has 2 aromatic carbocycles. The molecule has 0 saturated heterocycles. The zero-order valence-electron chi connectivity index (χ0n) is 15.1. The van der Waals surface area contributed by atoms with Gasteiger partial charge in [0.2, 0.25) is 0 Å². The topological polar surface area (TPSA) is 17.1 Å². The first-order chi connectivity index (χ1) is 12.2. The minimum Gasteiger partial charge on any atom is -0.299 e. The molecule has 1 nitrogen and oxygen atoms in total. The van der Waals surface area contributed by atoms with Crippen LogP contribution in [0.5, 0.6) is 0 Å². The Balaban J connectivity index is 1.58. The van der Waals surface area contributed by atoms with Gasteiger partial charge in [0.05, 0.1) is 0 Å². The quantitative estimate of drug-likeness (QED) is 0.686. The van der Waals surface area contributed by atoms with Crippen molar-refractivity contribution in [2.24, 2.45) is 17.3 Å². The number of ketones is 1. The SMILES string of the molecule is CCCCc1cccc2cc3c(cc12)CC(=O)C1(C3)CC2C=CC1C2. The van der Waals surface area contributed by atoms with Crippen molar-refractivity contribution in [1.29, 1.82) is 0 Å². The lowest BCUT2D eigenvalue weighted by Gasteiger charge is -2.38. The number of rotatable bonds is 3. The van der Waals surface area contributed by atoms with Crippen molar-refractivity contribution in [3.63, 3.8) is 0 Å². The van der Waals surface area contributed by atoms with Crippen LogP contribution < -0.4 is 0 Å². The maximum Gasteiger partial charge on any atom is 0.144 e. The summed E-state index contributed by atoms with van der Waals surface area (Å²) in [7, 11) is 0. The third-order valence-corrected chi connectivity index (χ3v) is 7.01. The van der Waals surface area contributed by atoms with Crippen molar-refractivity contribution < 1.29 is 4.79 Å². The Morgan fingerprint density at radius 3 is 2.84 bits per heavy atom. The largest absolute Gasteiger partial charge is 0.299 e. The van der Waals surface area contributed by atoms with E-state index < -0.39 is 0 Å². The molecule has 3 aliphatic rings. The van der Waals surface area contributed by atoms with Gasteiger partial charge >= 0.3 is 0 Å². The van der Waals surface area contributed by atoms with Gasteiger partial charge < -0.3 is 0 Å². The lowest BCUT2D eigenvalue weighted by molar-refractivity contribution is -0.130. The molecule has 3 aliphatic carbocycles. The Morgan fingerprint density at radius 2 is 2.08 bits per heavy atom. The van der Waals surface area contributed by atoms with Crippen molar-refractivity contribution in [2.75, 3.05) is 0 Å². The predicted octanol–water partition coefficient (Wildman–Crippen LogP) is 5.43. The van der Waals surface area contributed by atoms with E-state index in [2.05, 4.69) is 49.4 Å². The first kappa shape index (κ1) is 15.4. The van der Waals surface area contributed by atoms with Gasteiger partial charge in [0, 0.05) is 11.8 Å². The van der Waals surface area contributed by atoms with E-state index in [1.807, 2.05) is 0 Å². The Morgan fingerprint density at radius 1 is 1.16 bits per heavy atom. The Labute approximate surface area is 150 Å². The standard InChI is InChI=1S/C24H26O/c1-2-3-5-17-6-4-7-18-11-20-15-24(14-16-8-9-21(24)10-16)23(25)13-19(20)12-22(17)18/h4,6-9,11-12,16,21H,2-3,5,10,13-15H2,1H3. The van der Waals surface area contributed by atoms with Gasteiger partial charge in [-0.05, 0) is 71.4 Å². The molecular formula is C24H26O. The monoisotopic (exact) mass is 330 g/mol. The van der Waals surface area contributed by atoms with Crippen LogP contribution in [0.2, 0.25) is 0 Å². The molecule has 1 heteroatoms. The molecule has 0 amide bonds. The molecule has 1 saturated carbocycles. The molecule has 25 heavy (non-hydrogen) atoms. The summed E-state index contributed by atoms with van der Waals surface area (Å²) in [5, 5.41) is 2.72. The second kappa shape index (κ2) is 5.56. The van der Waals surface area contributed by atoms with E-state index in [1.54, 1.807) is 0 Å². The van der Waals surface area contributed by atoms with E-state index >= 15 is 0 Å². The normalized spacial score (nSPS) is 29.7. The van der Waals surface area contributed by atoms with Crippen LogP contribution in [0.3, 0.4) is 0 Å². The minimum atomic E-state index is -0.0834. The van der Waals surface area contributed by atoms with Gasteiger partial charge in [-0.2, -0.15) is 0 Å². The number of hydrogen-bond acceptors (Lipinski definition) is 1. The number of benzene rings is 2. The fraction of sp³-hybridized carbons (Fsp3) is 0.458. The third-order valence-electron chi connectivity index (χ3n) is 7.01. The molecule has 1 fully saturated rings. The van der Waals surface area contributed by atoms with Crippen LogP contribution in [0.25, 0.3) is 10.8 Å². The number of carbonyl (C=O) groups excluding carboxylic acids is 1. The molecule has 128 valence electrons. The van der Waals surface area contributed by atoms with Crippen LogP contribution in [0.15, 0.2) is 42.5 Å². The van der Waals surface area contributed by atoms with Crippen molar-refractivity contribution in [3.8, 4) is 0 Å². The van der Waals surface area contributed by atoms with Crippen molar-refractivity contribution in [1.82, 2.24) is 0 Å². The number of carbonyl (C=O) groups is 1. The van der Waals surface area contributed by atoms with Gasteiger partial charge in [0.15, 0.2) is 0 Å². The summed E-state index contributed by atoms with van der Waals surface area (Å²) in [4.78, 5) is 13.1. The highest BCUT2D eigenvalue weighted by Crippen LogP contribution is 2.56. The van der Waals surface area contributed by atoms with Crippen LogP contribution in [-0.2, 0) is 24.1 Å². The zero-order valence-corrected chi connectivity index (χ0v) is 15.1. The molecule has 0 N–H and O–H groups in total. The minimum absolute atomic E-state index is 0.0834. The number of unbranched alkanes of at least 4 members (excludes halogenated alkanes) is 1. The van der Waals surface area contributed by atoms with Gasteiger partial charge in [-0.15, -0.1) is 0 Å². The Kier molecular flexibility index (Phi) is 3.42. The third kappa shape index (κ3) is 2.25. The second-order valence-electron chi connectivity index (χ2n) is 8.49. The van der Waals surface area contributed by atoms with Crippen LogP contribution in [0.4, 0.5) is 0 Å². The van der Waals surface area contributed by atoms with Crippen LogP contribution in [-0.4, -0.2) is 5.78 Å². The summed E-state index contributed by atoms with van der Waals surface area (Å²) < 4.78 is 0. The molecule has 0 aromatic heterocycles. The predicted molar refractivity (Wildman–Crippen MR) is 103 cm³/mol. The Bertz CT molecular complexity index is 890. The van der Waals surface area contributed by atoms with E-state index in [4.69, 9.17) is 0 Å². The summed E-state index contributed by atoms with van der Waals surface area (Å²) in [6, 6.07) is 11.4. The molecular weight excluding hydrogens is 304 g/mol. The molecule has 0 radical (unpaired) electrons. The summed E-state index contributed by atoms with van der Waals surface area (Å²) >= 11 is 0. The van der Waals surface area contributed by atoms with E-state index in [9.17, 15) is 4.79 Å². The maximum atomic E-state index is 13.1. The molecule has 2 aromatic rings. The van der Waals surface area contributed by atoms with Gasteiger partial charge in [0.1, 0.15) is 5.78 Å². The molecule has 0 heterocycles. The van der Waals surface area contributed by atoms with E-state index in [0.29, 0.717) is 24.0 Å². The van der Waals surface area contributed by atoms with Crippen LogP contribution >= 0.6 is 0 Å². The first-order valence-corrected chi connectivity index (χ1v) is 9.94. The van der Waals surface area contributed by atoms with Gasteiger partial charge in [-0.3, -0.25) is 4.79 Å². The second-order valence-corrected chi connectivity index (χ2v) is 8.49. The number of Topliss-reactive ketones (excluding diaryl/α,β-unsaturated/α-hetero) is 1. The fourth-order valence-electron chi connectivity index (χ4n) is 5.66. The average Bonchev–Trinajstić information content (AvgIpc) is 3.21. The smallest absolute Gasteiger partial charge is 0.144 e. The lowest BCUT2D eigenvalue weighted by atomic mass is 9.63. The number of fused-ring (bicyclic) bond motifs is 5. The van der Waals surface area contributed by atoms with Gasteiger partial charge in [-0.25, -0.2) is 0 Å². The van der Waals surface area contributed by atoms with Crippen molar-refractivity contribution >= 4 is 16.6 Å².